The van der Waals surface area contributed by atoms with Crippen molar-refractivity contribution < 1.29 is 32.6 Å². The van der Waals surface area contributed by atoms with Crippen LogP contribution in [0.1, 0.15) is 18.4 Å². The zero-order valence-corrected chi connectivity index (χ0v) is 12.2. The summed E-state index contributed by atoms with van der Waals surface area (Å²) in [6.45, 7) is 0.592. The number of carbonyl (C=O) groups excluding carboxylic acids is 1. The number of likely N-dealkylation sites (tertiary alicyclic amines) is 1. The van der Waals surface area contributed by atoms with Gasteiger partial charge >= 0.3 is 12.3 Å². The number of ether oxygens (including phenoxy) is 1. The Kier molecular flexibility index (Phi) is 5.12. The molecule has 1 heterocycles. The molecule has 0 aromatic heterocycles. The monoisotopic (exact) mass is 331 g/mol. The van der Waals surface area contributed by atoms with Crippen LogP contribution < -0.4 is 4.74 Å². The molecular weight excluding hydrogens is 315 g/mol. The lowest BCUT2D eigenvalue weighted by molar-refractivity contribution is -0.274. The fraction of sp³-hybridized carbons (Fsp3) is 0.467. The molecule has 0 saturated carbocycles. The zero-order valence-electron chi connectivity index (χ0n) is 12.2. The number of nitrogens with zero attached hydrogens (tertiary/aromatic N) is 1. The van der Waals surface area contributed by atoms with Crippen LogP contribution in [0.5, 0.6) is 5.75 Å². The highest BCUT2D eigenvalue weighted by molar-refractivity contribution is 5.80. The number of carboxylic acid groups (broad SMARTS) is 1. The van der Waals surface area contributed by atoms with Crippen molar-refractivity contribution in [2.45, 2.75) is 25.6 Å². The Morgan fingerprint density at radius 2 is 2.09 bits per heavy atom. The maximum atomic E-state index is 12.2. The average Bonchev–Trinajstić information content (AvgIpc) is 2.46. The number of piperidine rings is 1. The molecule has 0 aliphatic carbocycles. The molecule has 1 fully saturated rings. The van der Waals surface area contributed by atoms with Crippen molar-refractivity contribution in [3.8, 4) is 5.75 Å². The van der Waals surface area contributed by atoms with E-state index in [4.69, 9.17) is 5.11 Å². The molecule has 1 N–H and O–H groups in total. The van der Waals surface area contributed by atoms with Gasteiger partial charge in [-0.3, -0.25) is 9.59 Å². The van der Waals surface area contributed by atoms with Gasteiger partial charge in [0.25, 0.3) is 0 Å². The number of aliphatic carboxylic acids is 1. The van der Waals surface area contributed by atoms with Crippen molar-refractivity contribution in [3.05, 3.63) is 29.8 Å². The Hall–Kier alpha value is -2.25. The van der Waals surface area contributed by atoms with E-state index in [9.17, 15) is 22.8 Å². The minimum atomic E-state index is -4.79. The van der Waals surface area contributed by atoms with E-state index in [0.717, 1.165) is 12.1 Å². The van der Waals surface area contributed by atoms with Crippen LogP contribution in [-0.4, -0.2) is 41.3 Å². The summed E-state index contributed by atoms with van der Waals surface area (Å²) in [6.07, 6.45) is -3.76. The number of alkyl halides is 3. The van der Waals surface area contributed by atoms with Crippen molar-refractivity contribution in [1.29, 1.82) is 0 Å². The van der Waals surface area contributed by atoms with Gasteiger partial charge in [0.2, 0.25) is 5.91 Å². The number of carbonyl (C=O) groups is 2. The lowest BCUT2D eigenvalue weighted by Crippen LogP contribution is -2.43. The first-order chi connectivity index (χ1) is 10.7. The molecule has 0 radical (unpaired) electrons. The Morgan fingerprint density at radius 1 is 1.35 bits per heavy atom. The lowest BCUT2D eigenvalue weighted by atomic mass is 9.97. The molecule has 0 spiro atoms. The summed E-state index contributed by atoms with van der Waals surface area (Å²) in [5.41, 5.74) is 0.384. The van der Waals surface area contributed by atoms with Crippen LogP contribution in [0.4, 0.5) is 13.2 Å². The van der Waals surface area contributed by atoms with Gasteiger partial charge in [-0.2, -0.15) is 0 Å². The molecule has 23 heavy (non-hydrogen) atoms. The quantitative estimate of drug-likeness (QED) is 0.920. The minimum absolute atomic E-state index is 0.0958. The standard InChI is InChI=1S/C15H16F3NO4/c16-15(17,18)23-12-5-1-3-10(7-12)8-13(20)19-6-2-4-11(9-19)14(21)22/h1,3,5,7,11H,2,4,6,8-9H2,(H,21,22). The van der Waals surface area contributed by atoms with Gasteiger partial charge in [-0.25, -0.2) is 0 Å². The number of halogens is 3. The van der Waals surface area contributed by atoms with E-state index in [1.165, 1.54) is 17.0 Å². The molecule has 1 atom stereocenters. The van der Waals surface area contributed by atoms with E-state index in [1.807, 2.05) is 0 Å². The Balaban J connectivity index is 2.00. The summed E-state index contributed by atoms with van der Waals surface area (Å²) in [5.74, 6) is -2.22. The summed E-state index contributed by atoms with van der Waals surface area (Å²) < 4.78 is 40.4. The Morgan fingerprint density at radius 3 is 2.74 bits per heavy atom. The van der Waals surface area contributed by atoms with Crippen molar-refractivity contribution >= 4 is 11.9 Å². The van der Waals surface area contributed by atoms with Crippen molar-refractivity contribution in [1.82, 2.24) is 4.90 Å². The van der Waals surface area contributed by atoms with Crippen LogP contribution in [0, 0.1) is 5.92 Å². The van der Waals surface area contributed by atoms with Gasteiger partial charge < -0.3 is 14.7 Å². The first kappa shape index (κ1) is 17.1. The predicted octanol–water partition coefficient (Wildman–Crippen LogP) is 2.45. The normalized spacial score (nSPS) is 18.6. The van der Waals surface area contributed by atoms with Gasteiger partial charge in [0.1, 0.15) is 5.75 Å². The molecule has 1 aliphatic heterocycles. The third kappa shape index (κ3) is 5.15. The SMILES string of the molecule is O=C(O)C1CCCN(C(=O)Cc2cccc(OC(F)(F)F)c2)C1. The van der Waals surface area contributed by atoms with Gasteiger partial charge in [-0.05, 0) is 30.5 Å². The third-order valence-corrected chi connectivity index (χ3v) is 3.61. The van der Waals surface area contributed by atoms with E-state index in [2.05, 4.69) is 4.74 Å². The first-order valence-electron chi connectivity index (χ1n) is 7.10. The van der Waals surface area contributed by atoms with Gasteiger partial charge in [-0.1, -0.05) is 12.1 Å². The maximum absolute atomic E-state index is 12.2. The topological polar surface area (TPSA) is 66.8 Å². The third-order valence-electron chi connectivity index (χ3n) is 3.61. The molecule has 1 aromatic rings. The van der Waals surface area contributed by atoms with E-state index in [-0.39, 0.29) is 24.6 Å². The molecule has 1 aliphatic rings. The molecule has 5 nitrogen and oxygen atoms in total. The predicted molar refractivity (Wildman–Crippen MR) is 73.8 cm³/mol. The zero-order chi connectivity index (χ0) is 17.0. The van der Waals surface area contributed by atoms with Crippen LogP contribution >= 0.6 is 0 Å². The fourth-order valence-corrected chi connectivity index (χ4v) is 2.54. The van der Waals surface area contributed by atoms with E-state index in [1.54, 1.807) is 0 Å². The molecule has 8 heteroatoms. The van der Waals surface area contributed by atoms with Gasteiger partial charge in [0.15, 0.2) is 0 Å². The molecule has 1 aromatic carbocycles. The summed E-state index contributed by atoms with van der Waals surface area (Å²) in [5, 5.41) is 9.01. The number of hydrogen-bond donors (Lipinski definition) is 1. The van der Waals surface area contributed by atoms with E-state index < -0.39 is 18.2 Å². The van der Waals surface area contributed by atoms with E-state index >= 15 is 0 Å². The highest BCUT2D eigenvalue weighted by atomic mass is 19.4. The molecule has 1 unspecified atom stereocenters. The van der Waals surface area contributed by atoms with Gasteiger partial charge in [0.05, 0.1) is 12.3 Å². The van der Waals surface area contributed by atoms with Crippen molar-refractivity contribution in [2.24, 2.45) is 5.92 Å². The van der Waals surface area contributed by atoms with Crippen LogP contribution in [0.2, 0.25) is 0 Å². The second kappa shape index (κ2) is 6.89. The maximum Gasteiger partial charge on any atom is 0.573 e. The summed E-state index contributed by atoms with van der Waals surface area (Å²) in [4.78, 5) is 24.6. The first-order valence-corrected chi connectivity index (χ1v) is 7.10. The number of rotatable bonds is 4. The Bertz CT molecular complexity index is 588. The molecule has 0 bridgehead atoms. The Labute approximate surface area is 130 Å². The van der Waals surface area contributed by atoms with Crippen LogP contribution in [0.25, 0.3) is 0 Å². The summed E-state index contributed by atoms with van der Waals surface area (Å²) in [6, 6.07) is 5.21. The number of hydrogen-bond acceptors (Lipinski definition) is 3. The second-order valence-electron chi connectivity index (χ2n) is 5.39. The molecule has 2 rings (SSSR count). The minimum Gasteiger partial charge on any atom is -0.481 e. The largest absolute Gasteiger partial charge is 0.573 e. The van der Waals surface area contributed by atoms with Crippen LogP contribution in [0.3, 0.4) is 0 Å². The smallest absolute Gasteiger partial charge is 0.481 e. The van der Waals surface area contributed by atoms with Crippen LogP contribution in [0.15, 0.2) is 24.3 Å². The highest BCUT2D eigenvalue weighted by Gasteiger charge is 2.31. The molecule has 126 valence electrons. The highest BCUT2D eigenvalue weighted by Crippen LogP contribution is 2.24. The van der Waals surface area contributed by atoms with Gasteiger partial charge in [-0.15, -0.1) is 13.2 Å². The summed E-state index contributed by atoms with van der Waals surface area (Å²) in [7, 11) is 0. The van der Waals surface area contributed by atoms with E-state index in [0.29, 0.717) is 24.9 Å². The molecule has 1 saturated heterocycles. The average molecular weight is 331 g/mol. The van der Waals surface area contributed by atoms with Crippen molar-refractivity contribution in [3.63, 3.8) is 0 Å². The number of benzene rings is 1. The van der Waals surface area contributed by atoms with Gasteiger partial charge in [0, 0.05) is 13.1 Å². The molecule has 1 amide bonds. The summed E-state index contributed by atoms with van der Waals surface area (Å²) >= 11 is 0. The lowest BCUT2D eigenvalue weighted by Gasteiger charge is -2.30. The molecular formula is C15H16F3NO4. The number of carboxylic acids is 1. The van der Waals surface area contributed by atoms with Crippen molar-refractivity contribution in [2.75, 3.05) is 13.1 Å². The second-order valence-corrected chi connectivity index (χ2v) is 5.39. The fourth-order valence-electron chi connectivity index (χ4n) is 2.54. The number of amides is 1. The van der Waals surface area contributed by atoms with Crippen LogP contribution in [-0.2, 0) is 16.0 Å².